The van der Waals surface area contributed by atoms with Gasteiger partial charge in [0.2, 0.25) is 0 Å². The molecule has 4 aromatic rings. The predicted molar refractivity (Wildman–Crippen MR) is 124 cm³/mol. The molecule has 0 radical (unpaired) electrons. The molecule has 0 aliphatic heterocycles. The zero-order valence-electron chi connectivity index (χ0n) is 15.4. The van der Waals surface area contributed by atoms with Crippen LogP contribution >= 0.6 is 23.5 Å². The molecule has 0 amide bonds. The molecule has 4 aromatic carbocycles. The van der Waals surface area contributed by atoms with E-state index in [1.54, 1.807) is 0 Å². The standard InChI is InChI=1S/C25H22S2/c1-3-18-16-17-24(22-14-8-7-12-20(18)22)27-25(4-2)26-23-15-9-11-19-10-5-6-13-21(19)23/h3,5-17,25H,1,4H2,2H3. The molecule has 0 aromatic heterocycles. The maximum atomic E-state index is 3.96. The molecule has 0 aliphatic rings. The van der Waals surface area contributed by atoms with Crippen molar-refractivity contribution in [2.24, 2.45) is 0 Å². The fraction of sp³-hybridized carbons (Fsp3) is 0.120. The molecule has 1 atom stereocenters. The second kappa shape index (κ2) is 8.24. The van der Waals surface area contributed by atoms with Gasteiger partial charge in [0, 0.05) is 9.79 Å². The Labute approximate surface area is 169 Å². The summed E-state index contributed by atoms with van der Waals surface area (Å²) in [5.41, 5.74) is 1.20. The molecule has 0 fully saturated rings. The Morgan fingerprint density at radius 2 is 1.37 bits per heavy atom. The highest BCUT2D eigenvalue weighted by Gasteiger charge is 2.14. The fourth-order valence-electron chi connectivity index (χ4n) is 3.35. The number of rotatable bonds is 6. The van der Waals surface area contributed by atoms with E-state index < -0.39 is 0 Å². The molecule has 0 saturated carbocycles. The summed E-state index contributed by atoms with van der Waals surface area (Å²) < 4.78 is 0.466. The van der Waals surface area contributed by atoms with Gasteiger partial charge in [-0.15, -0.1) is 23.5 Å². The highest BCUT2D eigenvalue weighted by atomic mass is 32.2. The van der Waals surface area contributed by atoms with Crippen LogP contribution in [0.25, 0.3) is 27.6 Å². The van der Waals surface area contributed by atoms with Crippen molar-refractivity contribution in [1.29, 1.82) is 0 Å². The molecule has 0 aliphatic carbocycles. The van der Waals surface area contributed by atoms with Gasteiger partial charge in [-0.05, 0) is 45.7 Å². The van der Waals surface area contributed by atoms with Crippen molar-refractivity contribution < 1.29 is 0 Å². The van der Waals surface area contributed by atoms with Gasteiger partial charge in [-0.2, -0.15) is 0 Å². The molecule has 4 rings (SSSR count). The van der Waals surface area contributed by atoms with E-state index in [1.807, 2.05) is 29.6 Å². The van der Waals surface area contributed by atoms with E-state index in [1.165, 1.54) is 36.9 Å². The van der Waals surface area contributed by atoms with Gasteiger partial charge in [0.1, 0.15) is 0 Å². The van der Waals surface area contributed by atoms with Crippen molar-refractivity contribution in [1.82, 2.24) is 0 Å². The highest BCUT2D eigenvalue weighted by Crippen LogP contribution is 2.42. The van der Waals surface area contributed by atoms with Gasteiger partial charge in [-0.25, -0.2) is 0 Å². The van der Waals surface area contributed by atoms with Gasteiger partial charge in [0.15, 0.2) is 0 Å². The first-order chi connectivity index (χ1) is 13.3. The minimum absolute atomic E-state index is 0.466. The number of thioether (sulfide) groups is 2. The topological polar surface area (TPSA) is 0 Å². The van der Waals surface area contributed by atoms with E-state index in [9.17, 15) is 0 Å². The van der Waals surface area contributed by atoms with Gasteiger partial charge in [0.25, 0.3) is 0 Å². The van der Waals surface area contributed by atoms with Crippen LogP contribution in [0.2, 0.25) is 0 Å². The minimum atomic E-state index is 0.466. The lowest BCUT2D eigenvalue weighted by atomic mass is 10.0. The van der Waals surface area contributed by atoms with Gasteiger partial charge in [-0.3, -0.25) is 0 Å². The summed E-state index contributed by atoms with van der Waals surface area (Å²) in [7, 11) is 0. The highest BCUT2D eigenvalue weighted by molar-refractivity contribution is 8.17. The molecule has 0 saturated heterocycles. The van der Waals surface area contributed by atoms with Crippen LogP contribution in [0.15, 0.2) is 95.2 Å². The Morgan fingerprint density at radius 3 is 2.11 bits per heavy atom. The second-order valence-corrected chi connectivity index (χ2v) is 9.24. The third-order valence-electron chi connectivity index (χ3n) is 4.74. The molecule has 0 nitrogen and oxygen atoms in total. The van der Waals surface area contributed by atoms with E-state index in [0.29, 0.717) is 4.58 Å². The van der Waals surface area contributed by atoms with Crippen LogP contribution in [0.5, 0.6) is 0 Å². The number of fused-ring (bicyclic) bond motifs is 2. The molecule has 134 valence electrons. The SMILES string of the molecule is C=Cc1ccc(SC(CC)Sc2cccc3ccccc23)c2ccccc12. The summed E-state index contributed by atoms with van der Waals surface area (Å²) >= 11 is 3.94. The monoisotopic (exact) mass is 386 g/mol. The molecule has 2 heteroatoms. The summed E-state index contributed by atoms with van der Waals surface area (Å²) in [4.78, 5) is 2.70. The summed E-state index contributed by atoms with van der Waals surface area (Å²) in [5.74, 6) is 0. The van der Waals surface area contributed by atoms with Crippen molar-refractivity contribution in [3.63, 3.8) is 0 Å². The van der Waals surface area contributed by atoms with Crippen LogP contribution in [0, 0.1) is 0 Å². The first-order valence-electron chi connectivity index (χ1n) is 9.25. The third-order valence-corrected chi connectivity index (χ3v) is 7.73. The van der Waals surface area contributed by atoms with Crippen molar-refractivity contribution in [2.75, 3.05) is 0 Å². The fourth-order valence-corrected chi connectivity index (χ4v) is 5.98. The maximum Gasteiger partial charge on any atom is 0.0594 e. The molecule has 1 unspecified atom stereocenters. The lowest BCUT2D eigenvalue weighted by Crippen LogP contribution is -1.95. The first kappa shape index (κ1) is 18.2. The van der Waals surface area contributed by atoms with Crippen LogP contribution in [0.4, 0.5) is 0 Å². The van der Waals surface area contributed by atoms with Gasteiger partial charge in [-0.1, -0.05) is 86.3 Å². The average molecular weight is 387 g/mol. The summed E-state index contributed by atoms with van der Waals surface area (Å²) in [6.45, 7) is 6.24. The largest absolute Gasteiger partial charge is 0.111 e. The normalized spacial score (nSPS) is 12.3. The zero-order valence-corrected chi connectivity index (χ0v) is 17.0. The number of hydrogen-bond donors (Lipinski definition) is 0. The maximum absolute atomic E-state index is 3.96. The van der Waals surface area contributed by atoms with Crippen molar-refractivity contribution in [3.05, 3.63) is 91.0 Å². The molecular weight excluding hydrogens is 364 g/mol. The molecule has 0 heterocycles. The van der Waals surface area contributed by atoms with E-state index in [2.05, 4.69) is 92.4 Å². The van der Waals surface area contributed by atoms with E-state index in [4.69, 9.17) is 0 Å². The van der Waals surface area contributed by atoms with E-state index >= 15 is 0 Å². The second-order valence-electron chi connectivity index (χ2n) is 6.45. The van der Waals surface area contributed by atoms with E-state index in [-0.39, 0.29) is 0 Å². The average Bonchev–Trinajstić information content (AvgIpc) is 2.73. The molecule has 0 spiro atoms. The van der Waals surface area contributed by atoms with Crippen LogP contribution in [0.1, 0.15) is 18.9 Å². The minimum Gasteiger partial charge on any atom is -0.111 e. The molecular formula is C25H22S2. The summed E-state index contributed by atoms with van der Waals surface area (Å²) in [6, 6.07) is 28.3. The summed E-state index contributed by atoms with van der Waals surface area (Å²) in [5, 5.41) is 5.25. The smallest absolute Gasteiger partial charge is 0.0594 e. The van der Waals surface area contributed by atoms with Crippen molar-refractivity contribution in [2.45, 2.75) is 27.7 Å². The van der Waals surface area contributed by atoms with Gasteiger partial charge >= 0.3 is 0 Å². The Kier molecular flexibility index (Phi) is 5.56. The van der Waals surface area contributed by atoms with Crippen LogP contribution in [-0.2, 0) is 0 Å². The Morgan fingerprint density at radius 1 is 0.741 bits per heavy atom. The predicted octanol–water partition coefficient (Wildman–Crippen LogP) is 8.26. The van der Waals surface area contributed by atoms with E-state index in [0.717, 1.165) is 6.42 Å². The lowest BCUT2D eigenvalue weighted by Gasteiger charge is -2.17. The summed E-state index contributed by atoms with van der Waals surface area (Å²) in [6.07, 6.45) is 3.05. The van der Waals surface area contributed by atoms with Crippen molar-refractivity contribution >= 4 is 51.1 Å². The molecule has 0 bridgehead atoms. The van der Waals surface area contributed by atoms with Crippen LogP contribution in [-0.4, -0.2) is 4.58 Å². The lowest BCUT2D eigenvalue weighted by molar-refractivity contribution is 1.05. The molecule has 0 N–H and O–H groups in total. The third kappa shape index (κ3) is 3.78. The number of benzene rings is 4. The number of hydrogen-bond acceptors (Lipinski definition) is 2. The van der Waals surface area contributed by atoms with Gasteiger partial charge in [0.05, 0.1) is 4.58 Å². The van der Waals surface area contributed by atoms with Crippen molar-refractivity contribution in [3.8, 4) is 0 Å². The van der Waals surface area contributed by atoms with Crippen LogP contribution in [0.3, 0.4) is 0 Å². The van der Waals surface area contributed by atoms with Gasteiger partial charge < -0.3 is 0 Å². The Bertz CT molecular complexity index is 1090. The first-order valence-corrected chi connectivity index (χ1v) is 11.0. The quantitative estimate of drug-likeness (QED) is 0.242. The molecule has 27 heavy (non-hydrogen) atoms. The van der Waals surface area contributed by atoms with Crippen LogP contribution < -0.4 is 0 Å². The Balaban J connectivity index is 1.67. The Hall–Kier alpha value is -2.16. The zero-order chi connectivity index (χ0) is 18.6.